The molecule has 1 aromatic rings. The van der Waals surface area contributed by atoms with Gasteiger partial charge in [0, 0.05) is 6.42 Å². The molecule has 1 aromatic carbocycles. The Kier molecular flexibility index (Phi) is 1.35. The Bertz CT molecular complexity index is 479. The smallest absolute Gasteiger partial charge is 0.348 e. The number of hydrogen-bond donors (Lipinski definition) is 1. The second kappa shape index (κ2) is 2.39. The van der Waals surface area contributed by atoms with Crippen LogP contribution < -0.4 is 4.74 Å². The number of para-hydroxylation sites is 1. The lowest BCUT2D eigenvalue weighted by Gasteiger charge is -2.21. The molecular weight excluding hydrogens is 196 g/mol. The summed E-state index contributed by atoms with van der Waals surface area (Å²) in [6.07, 6.45) is 0.288. The zero-order valence-corrected chi connectivity index (χ0v) is 7.77. The predicted octanol–water partition coefficient (Wildman–Crippen LogP) is 1.10. The van der Waals surface area contributed by atoms with Gasteiger partial charge in [-0.2, -0.15) is 0 Å². The molecule has 0 unspecified atom stereocenters. The summed E-state index contributed by atoms with van der Waals surface area (Å²) in [7, 11) is 0. The van der Waals surface area contributed by atoms with Gasteiger partial charge in [0.2, 0.25) is 5.60 Å². The third-order valence-corrected chi connectivity index (χ3v) is 3.03. The summed E-state index contributed by atoms with van der Waals surface area (Å²) in [4.78, 5) is 22.8. The van der Waals surface area contributed by atoms with Crippen LogP contribution in [0.25, 0.3) is 0 Å². The largest absolute Gasteiger partial charge is 0.478 e. The van der Waals surface area contributed by atoms with E-state index in [9.17, 15) is 9.59 Å². The standard InChI is InChI=1S/C11H8O4/c12-9-6-3-1-2-4-8(6)15-11(10(13)14)5-7(9)11/h1-4,7H,5H2,(H,13,14)/t7-,11+/m0/s1. The Morgan fingerprint density at radius 3 is 2.93 bits per heavy atom. The normalized spacial score (nSPS) is 31.2. The fraction of sp³-hybridized carbons (Fsp3) is 0.273. The number of ketones is 1. The minimum atomic E-state index is -1.27. The van der Waals surface area contributed by atoms with Crippen molar-refractivity contribution >= 4 is 11.8 Å². The van der Waals surface area contributed by atoms with Gasteiger partial charge in [-0.15, -0.1) is 0 Å². The van der Waals surface area contributed by atoms with Gasteiger partial charge in [-0.25, -0.2) is 4.79 Å². The number of carbonyl (C=O) groups excluding carboxylic acids is 1. The highest BCUT2D eigenvalue weighted by Gasteiger charge is 2.69. The Labute approximate surface area is 85.5 Å². The van der Waals surface area contributed by atoms with Crippen molar-refractivity contribution in [3.63, 3.8) is 0 Å². The van der Waals surface area contributed by atoms with Gasteiger partial charge in [0.25, 0.3) is 0 Å². The van der Waals surface area contributed by atoms with E-state index >= 15 is 0 Å². The molecule has 0 saturated heterocycles. The van der Waals surface area contributed by atoms with E-state index in [2.05, 4.69) is 0 Å². The number of benzene rings is 1. The monoisotopic (exact) mass is 204 g/mol. The van der Waals surface area contributed by atoms with Gasteiger partial charge in [-0.3, -0.25) is 4.79 Å². The number of carboxylic acid groups (broad SMARTS) is 1. The molecule has 0 amide bonds. The third-order valence-electron chi connectivity index (χ3n) is 3.03. The SMILES string of the molecule is O=C1c2ccccc2O[C@]2(C(=O)O)C[C@@H]12. The molecule has 0 bridgehead atoms. The van der Waals surface area contributed by atoms with Gasteiger partial charge >= 0.3 is 5.97 Å². The van der Waals surface area contributed by atoms with Crippen LogP contribution in [-0.2, 0) is 4.79 Å². The molecule has 4 heteroatoms. The summed E-state index contributed by atoms with van der Waals surface area (Å²) in [6.45, 7) is 0. The van der Waals surface area contributed by atoms with E-state index in [1.165, 1.54) is 0 Å². The van der Waals surface area contributed by atoms with Crippen LogP contribution in [0.15, 0.2) is 24.3 Å². The zero-order chi connectivity index (χ0) is 10.6. The molecule has 1 aliphatic carbocycles. The first-order chi connectivity index (χ1) is 7.15. The van der Waals surface area contributed by atoms with Gasteiger partial charge in [0.15, 0.2) is 5.78 Å². The van der Waals surface area contributed by atoms with Crippen LogP contribution in [0, 0.1) is 5.92 Å². The highest BCUT2D eigenvalue weighted by Crippen LogP contribution is 2.53. The van der Waals surface area contributed by atoms with Gasteiger partial charge in [-0.05, 0) is 12.1 Å². The maximum Gasteiger partial charge on any atom is 0.348 e. The summed E-state index contributed by atoms with van der Waals surface area (Å²) in [5.74, 6) is -1.27. The lowest BCUT2D eigenvalue weighted by molar-refractivity contribution is -0.148. The Morgan fingerprint density at radius 1 is 1.47 bits per heavy atom. The fourth-order valence-corrected chi connectivity index (χ4v) is 2.08. The van der Waals surface area contributed by atoms with Gasteiger partial charge < -0.3 is 9.84 Å². The highest BCUT2D eigenvalue weighted by molar-refractivity contribution is 6.09. The first-order valence-corrected chi connectivity index (χ1v) is 4.71. The molecule has 1 aliphatic heterocycles. The molecule has 1 saturated carbocycles. The van der Waals surface area contributed by atoms with Gasteiger partial charge in [0.1, 0.15) is 5.75 Å². The summed E-state index contributed by atoms with van der Waals surface area (Å²) in [5, 5.41) is 9.01. The van der Waals surface area contributed by atoms with Gasteiger partial charge in [0.05, 0.1) is 11.5 Å². The molecule has 76 valence electrons. The van der Waals surface area contributed by atoms with Crippen molar-refractivity contribution in [1.82, 2.24) is 0 Å². The molecule has 0 spiro atoms. The van der Waals surface area contributed by atoms with Crippen molar-refractivity contribution in [2.24, 2.45) is 5.92 Å². The number of ether oxygens (including phenoxy) is 1. The fourth-order valence-electron chi connectivity index (χ4n) is 2.08. The molecule has 1 fully saturated rings. The van der Waals surface area contributed by atoms with Crippen molar-refractivity contribution < 1.29 is 19.4 Å². The van der Waals surface area contributed by atoms with Crippen molar-refractivity contribution in [3.8, 4) is 5.75 Å². The Morgan fingerprint density at radius 2 is 2.20 bits per heavy atom. The molecule has 0 radical (unpaired) electrons. The number of Topliss-reactive ketones (excluding diaryl/α,β-unsaturated/α-hetero) is 1. The molecule has 0 aromatic heterocycles. The van der Waals surface area contributed by atoms with Crippen molar-refractivity contribution in [1.29, 1.82) is 0 Å². The Balaban J connectivity index is 2.12. The number of carbonyl (C=O) groups is 2. The highest BCUT2D eigenvalue weighted by atomic mass is 16.5. The van der Waals surface area contributed by atoms with E-state index in [0.717, 1.165) is 0 Å². The summed E-state index contributed by atoms with van der Waals surface area (Å²) in [6, 6.07) is 6.77. The second-order valence-corrected chi connectivity index (χ2v) is 3.91. The Hall–Kier alpha value is -1.84. The summed E-state index contributed by atoms with van der Waals surface area (Å²) >= 11 is 0. The lowest BCUT2D eigenvalue weighted by atomic mass is 10.0. The van der Waals surface area contributed by atoms with Crippen LogP contribution in [0.1, 0.15) is 16.8 Å². The molecule has 1 N–H and O–H groups in total. The van der Waals surface area contributed by atoms with Crippen molar-refractivity contribution in [2.75, 3.05) is 0 Å². The van der Waals surface area contributed by atoms with Crippen LogP contribution in [0.5, 0.6) is 5.75 Å². The van der Waals surface area contributed by atoms with Crippen LogP contribution in [-0.4, -0.2) is 22.5 Å². The number of fused-ring (bicyclic) bond motifs is 2. The number of rotatable bonds is 1. The topological polar surface area (TPSA) is 63.6 Å². The number of hydrogen-bond acceptors (Lipinski definition) is 3. The average Bonchev–Trinajstić information content (AvgIpc) is 2.94. The second-order valence-electron chi connectivity index (χ2n) is 3.91. The van der Waals surface area contributed by atoms with E-state index in [0.29, 0.717) is 11.3 Å². The van der Waals surface area contributed by atoms with Crippen LogP contribution >= 0.6 is 0 Å². The third kappa shape index (κ3) is 0.909. The maximum absolute atomic E-state index is 11.8. The summed E-state index contributed by atoms with van der Waals surface area (Å²) < 4.78 is 5.40. The van der Waals surface area contributed by atoms with E-state index in [1.54, 1.807) is 24.3 Å². The minimum absolute atomic E-state index is 0.112. The lowest BCUT2D eigenvalue weighted by Crippen LogP contribution is -2.37. The van der Waals surface area contributed by atoms with E-state index in [4.69, 9.17) is 9.84 Å². The van der Waals surface area contributed by atoms with E-state index < -0.39 is 17.5 Å². The summed E-state index contributed by atoms with van der Waals surface area (Å²) in [5.41, 5.74) is -0.775. The van der Waals surface area contributed by atoms with E-state index in [1.807, 2.05) is 0 Å². The minimum Gasteiger partial charge on any atom is -0.478 e. The maximum atomic E-state index is 11.8. The number of aliphatic carboxylic acids is 1. The first kappa shape index (κ1) is 8.47. The quantitative estimate of drug-likeness (QED) is 0.744. The van der Waals surface area contributed by atoms with Crippen LogP contribution in [0.2, 0.25) is 0 Å². The molecule has 2 atom stereocenters. The molecule has 15 heavy (non-hydrogen) atoms. The van der Waals surface area contributed by atoms with Gasteiger partial charge in [-0.1, -0.05) is 12.1 Å². The van der Waals surface area contributed by atoms with Crippen molar-refractivity contribution in [3.05, 3.63) is 29.8 Å². The van der Waals surface area contributed by atoms with Crippen molar-refractivity contribution in [2.45, 2.75) is 12.0 Å². The molecule has 4 nitrogen and oxygen atoms in total. The van der Waals surface area contributed by atoms with Crippen LogP contribution in [0.4, 0.5) is 0 Å². The molecule has 3 rings (SSSR count). The van der Waals surface area contributed by atoms with E-state index in [-0.39, 0.29) is 12.2 Å². The molecule has 1 heterocycles. The predicted molar refractivity (Wildman–Crippen MR) is 49.9 cm³/mol. The first-order valence-electron chi connectivity index (χ1n) is 4.71. The average molecular weight is 204 g/mol. The van der Waals surface area contributed by atoms with Crippen LogP contribution in [0.3, 0.4) is 0 Å². The number of carboxylic acids is 1. The molecule has 2 aliphatic rings. The molecular formula is C11H8O4. The zero-order valence-electron chi connectivity index (χ0n) is 7.77.